The molecule has 0 bridgehead atoms. The molecule has 7 nitrogen and oxygen atoms in total. The second kappa shape index (κ2) is 11.2. The number of aromatic nitrogens is 2. The number of carbonyl (C=O) groups is 2. The molecule has 4 rings (SSSR count). The Hall–Kier alpha value is -4.64. The lowest BCUT2D eigenvalue weighted by Crippen LogP contribution is -2.22. The molecule has 4 aromatic rings. The lowest BCUT2D eigenvalue weighted by Gasteiger charge is -2.11. The third-order valence-corrected chi connectivity index (χ3v) is 5.69. The van der Waals surface area contributed by atoms with Crippen molar-refractivity contribution in [1.29, 1.82) is 0 Å². The molecule has 0 fully saturated rings. The minimum absolute atomic E-state index is 0.0673. The first-order valence-corrected chi connectivity index (χ1v) is 11.5. The number of aliphatic carboxylic acids is 1. The van der Waals surface area contributed by atoms with Crippen molar-refractivity contribution < 1.29 is 19.1 Å². The molecule has 3 aromatic carbocycles. The predicted molar refractivity (Wildman–Crippen MR) is 134 cm³/mol. The topological polar surface area (TPSA) is 96.5 Å². The van der Waals surface area contributed by atoms with Crippen molar-refractivity contribution in [2.45, 2.75) is 32.2 Å². The molecule has 1 heterocycles. The number of carbonyl (C=O) groups excluding carboxylic acids is 1. The fourth-order valence-electron chi connectivity index (χ4n) is 3.79. The molecule has 36 heavy (non-hydrogen) atoms. The summed E-state index contributed by atoms with van der Waals surface area (Å²) in [5.41, 5.74) is 4.97. The third-order valence-electron chi connectivity index (χ3n) is 5.69. The van der Waals surface area contributed by atoms with Crippen LogP contribution in [0.15, 0.2) is 66.7 Å². The predicted octanol–water partition coefficient (Wildman–Crippen LogP) is 5.71. The van der Waals surface area contributed by atoms with E-state index >= 15 is 0 Å². The van der Waals surface area contributed by atoms with Gasteiger partial charge in [0.15, 0.2) is 5.69 Å². The summed E-state index contributed by atoms with van der Waals surface area (Å²) in [5, 5.41) is 11.8. The van der Waals surface area contributed by atoms with E-state index in [2.05, 4.69) is 10.2 Å². The van der Waals surface area contributed by atoms with Gasteiger partial charge in [0.1, 0.15) is 5.82 Å². The van der Waals surface area contributed by atoms with Gasteiger partial charge in [0, 0.05) is 24.1 Å². The molecule has 0 saturated carbocycles. The summed E-state index contributed by atoms with van der Waals surface area (Å²) < 4.78 is 13.5. The number of amides is 1. The van der Waals surface area contributed by atoms with E-state index in [1.807, 2.05) is 0 Å². The Labute approximate surface area is 207 Å². The number of hydrogen-bond donors (Lipinski definition) is 2. The number of aryl methyl sites for hydroxylation is 1. The highest BCUT2D eigenvalue weighted by Crippen LogP contribution is 2.26. The van der Waals surface area contributed by atoms with Gasteiger partial charge in [-0.1, -0.05) is 24.3 Å². The van der Waals surface area contributed by atoms with Gasteiger partial charge in [-0.25, -0.2) is 19.2 Å². The molecule has 2 N–H and O–H groups in total. The first kappa shape index (κ1) is 24.5. The molecular weight excluding hydrogens is 459 g/mol. The molecule has 0 atom stereocenters. The highest BCUT2D eigenvalue weighted by molar-refractivity contribution is 5.97. The van der Waals surface area contributed by atoms with Crippen LogP contribution in [-0.4, -0.2) is 27.0 Å². The summed E-state index contributed by atoms with van der Waals surface area (Å²) in [5.74, 6) is -1.47. The van der Waals surface area contributed by atoms with Gasteiger partial charge < -0.3 is 10.4 Å². The van der Waals surface area contributed by atoms with Gasteiger partial charge in [-0.05, 0) is 67.3 Å². The molecule has 0 aliphatic carbocycles. The Balaban J connectivity index is 1.58. The van der Waals surface area contributed by atoms with Crippen molar-refractivity contribution in [3.05, 3.63) is 101 Å². The fraction of sp³-hybridized carbons (Fsp3) is 0.179. The van der Waals surface area contributed by atoms with Crippen molar-refractivity contribution in [1.82, 2.24) is 15.3 Å². The molecule has 0 unspecified atom stereocenters. The number of fused-ring (bicyclic) bond motifs is 1. The van der Waals surface area contributed by atoms with Gasteiger partial charge in [0.25, 0.3) is 5.91 Å². The maximum atomic E-state index is 13.5. The average Bonchev–Trinajstić information content (AvgIpc) is 2.89. The van der Waals surface area contributed by atoms with Crippen LogP contribution in [0.2, 0.25) is 0 Å². The number of nitrogens with one attached hydrogen (secondary N) is 1. The number of nitrogens with zero attached hydrogens (tertiary/aromatic N) is 3. The van der Waals surface area contributed by atoms with Crippen molar-refractivity contribution in [2.75, 3.05) is 0 Å². The third kappa shape index (κ3) is 6.07. The highest BCUT2D eigenvalue weighted by Gasteiger charge is 2.14. The quantitative estimate of drug-likeness (QED) is 0.235. The number of rotatable bonds is 9. The van der Waals surface area contributed by atoms with Crippen molar-refractivity contribution in [3.63, 3.8) is 0 Å². The molecule has 1 aromatic heterocycles. The molecular formula is C28H23FN4O3. The van der Waals surface area contributed by atoms with Gasteiger partial charge in [0.05, 0.1) is 29.0 Å². The Morgan fingerprint density at radius 2 is 1.69 bits per heavy atom. The number of carboxylic acids is 1. The molecule has 0 aliphatic heterocycles. The molecule has 180 valence electrons. The summed E-state index contributed by atoms with van der Waals surface area (Å²) >= 11 is 0. The molecule has 0 aliphatic rings. The van der Waals surface area contributed by atoms with E-state index in [1.54, 1.807) is 54.6 Å². The van der Waals surface area contributed by atoms with E-state index < -0.39 is 5.97 Å². The van der Waals surface area contributed by atoms with Gasteiger partial charge in [0.2, 0.25) is 0 Å². The van der Waals surface area contributed by atoms with Gasteiger partial charge >= 0.3 is 5.97 Å². The largest absolute Gasteiger partial charge is 0.481 e. The van der Waals surface area contributed by atoms with Crippen molar-refractivity contribution in [3.8, 4) is 11.3 Å². The van der Waals surface area contributed by atoms with Gasteiger partial charge in [-0.2, -0.15) is 0 Å². The van der Waals surface area contributed by atoms with Crippen LogP contribution in [0.1, 0.15) is 40.9 Å². The number of halogens is 1. The van der Waals surface area contributed by atoms with E-state index in [9.17, 15) is 14.0 Å². The van der Waals surface area contributed by atoms with E-state index in [1.165, 1.54) is 12.1 Å². The first-order chi connectivity index (χ1) is 17.4. The van der Waals surface area contributed by atoms with Crippen molar-refractivity contribution >= 4 is 28.6 Å². The highest BCUT2D eigenvalue weighted by atomic mass is 19.1. The summed E-state index contributed by atoms with van der Waals surface area (Å²) in [6, 6.07) is 18.1. The minimum Gasteiger partial charge on any atom is -0.481 e. The zero-order valence-electron chi connectivity index (χ0n) is 19.4. The molecule has 1 amide bonds. The van der Waals surface area contributed by atoms with Gasteiger partial charge in [-0.15, -0.1) is 0 Å². The molecule has 0 saturated heterocycles. The van der Waals surface area contributed by atoms with Crippen molar-refractivity contribution in [2.24, 2.45) is 0 Å². The Kier molecular flexibility index (Phi) is 7.61. The van der Waals surface area contributed by atoms with Crippen LogP contribution in [-0.2, 0) is 17.8 Å². The number of carboxylic acid groups (broad SMARTS) is 1. The monoisotopic (exact) mass is 482 g/mol. The lowest BCUT2D eigenvalue weighted by molar-refractivity contribution is -0.137. The Morgan fingerprint density at radius 3 is 2.39 bits per heavy atom. The van der Waals surface area contributed by atoms with Crippen LogP contribution in [0.5, 0.6) is 0 Å². The summed E-state index contributed by atoms with van der Waals surface area (Å²) in [7, 11) is 0. The van der Waals surface area contributed by atoms with E-state index in [4.69, 9.17) is 21.6 Å². The Morgan fingerprint density at radius 1 is 0.944 bits per heavy atom. The maximum absolute atomic E-state index is 13.5. The summed E-state index contributed by atoms with van der Waals surface area (Å²) in [6.07, 6.45) is 1.67. The van der Waals surface area contributed by atoms with Gasteiger partial charge in [-0.3, -0.25) is 9.59 Å². The van der Waals surface area contributed by atoms with E-state index in [0.29, 0.717) is 65.0 Å². The maximum Gasteiger partial charge on any atom is 0.303 e. The number of benzene rings is 3. The lowest BCUT2D eigenvalue weighted by atomic mass is 10.0. The second-order valence-electron chi connectivity index (χ2n) is 8.29. The zero-order valence-corrected chi connectivity index (χ0v) is 19.4. The standard InChI is InChI=1S/C28H23FN4O3/c1-30-22-13-6-18(7-14-22)17-31-28(36)20-10-15-23-25(16-20)32-24(4-2-3-5-26(34)35)27(33-23)19-8-11-21(29)12-9-19/h6-16H,2-5,17H2,(H,31,36)(H,34,35). The van der Waals surface area contributed by atoms with Crippen LogP contribution in [0.25, 0.3) is 27.1 Å². The SMILES string of the molecule is [C-]#[N+]c1ccc(CNC(=O)c2ccc3nc(-c4ccc(F)cc4)c(CCCCC(=O)O)nc3c2)cc1. The molecule has 0 radical (unpaired) electrons. The number of unbranched alkanes of at least 4 members (excludes halogenated alkanes) is 1. The first-order valence-electron chi connectivity index (χ1n) is 11.5. The van der Waals surface area contributed by atoms with E-state index in [-0.39, 0.29) is 18.1 Å². The van der Waals surface area contributed by atoms with Crippen LogP contribution in [0, 0.1) is 12.4 Å². The van der Waals surface area contributed by atoms with E-state index in [0.717, 1.165) is 5.56 Å². The second-order valence-corrected chi connectivity index (χ2v) is 8.29. The Bertz CT molecular complexity index is 1450. The zero-order chi connectivity index (χ0) is 25.5. The minimum atomic E-state index is -0.851. The van der Waals surface area contributed by atoms with Crippen LogP contribution in [0.4, 0.5) is 10.1 Å². The fourth-order valence-corrected chi connectivity index (χ4v) is 3.79. The summed E-state index contributed by atoms with van der Waals surface area (Å²) in [6.45, 7) is 7.34. The normalized spacial score (nSPS) is 10.7. The van der Waals surface area contributed by atoms with Crippen LogP contribution in [0.3, 0.4) is 0 Å². The molecule has 8 heteroatoms. The van der Waals surface area contributed by atoms with Crippen LogP contribution >= 0.6 is 0 Å². The number of hydrogen-bond acceptors (Lipinski definition) is 4. The summed E-state index contributed by atoms with van der Waals surface area (Å²) in [4.78, 5) is 36.5. The van der Waals surface area contributed by atoms with Crippen LogP contribution < -0.4 is 5.32 Å². The smallest absolute Gasteiger partial charge is 0.303 e. The molecule has 0 spiro atoms. The average molecular weight is 483 g/mol.